The van der Waals surface area contributed by atoms with Gasteiger partial charge in [0.1, 0.15) is 0 Å². The molecule has 1 aromatic carbocycles. The van der Waals surface area contributed by atoms with Crippen molar-refractivity contribution >= 4 is 11.6 Å². The lowest BCUT2D eigenvalue weighted by Gasteiger charge is -2.27. The lowest BCUT2D eigenvalue weighted by molar-refractivity contribution is 0.0777. The first-order chi connectivity index (χ1) is 9.32. The molecule has 0 aliphatic carbocycles. The van der Waals surface area contributed by atoms with Crippen LogP contribution in [0.1, 0.15) is 43.1 Å². The minimum Gasteiger partial charge on any atom is -0.387 e. The molecule has 2 rings (SSSR count). The normalized spacial score (nSPS) is 19.2. The third kappa shape index (κ3) is 2.97. The fourth-order valence-corrected chi connectivity index (χ4v) is 2.87. The molecule has 110 valence electrons. The Balaban J connectivity index is 2.19. The van der Waals surface area contributed by atoms with Gasteiger partial charge in [-0.05, 0) is 36.8 Å². The summed E-state index contributed by atoms with van der Waals surface area (Å²) in [5.74, 6) is 0.749. The molecule has 0 radical (unpaired) electrons. The molecule has 0 spiro atoms. The van der Waals surface area contributed by atoms with Crippen LogP contribution in [0, 0.1) is 18.3 Å². The summed E-state index contributed by atoms with van der Waals surface area (Å²) >= 11 is 0. The number of aryl methyl sites for hydroxylation is 1. The average molecular weight is 274 g/mol. The second-order valence-electron chi connectivity index (χ2n) is 6.90. The van der Waals surface area contributed by atoms with Crippen molar-refractivity contribution in [2.75, 3.05) is 25.5 Å². The van der Waals surface area contributed by atoms with Crippen molar-refractivity contribution in [3.05, 3.63) is 29.3 Å². The largest absolute Gasteiger partial charge is 0.387 e. The zero-order valence-corrected chi connectivity index (χ0v) is 13.3. The molecule has 0 bridgehead atoms. The van der Waals surface area contributed by atoms with Gasteiger partial charge in [0.15, 0.2) is 0 Å². The van der Waals surface area contributed by atoms with Crippen molar-refractivity contribution < 1.29 is 4.79 Å². The van der Waals surface area contributed by atoms with E-state index in [-0.39, 0.29) is 11.3 Å². The van der Waals surface area contributed by atoms with Gasteiger partial charge in [-0.1, -0.05) is 32.4 Å². The highest BCUT2D eigenvalue weighted by molar-refractivity contribution is 6.00. The van der Waals surface area contributed by atoms with Crippen LogP contribution in [0.5, 0.6) is 0 Å². The molecule has 3 heteroatoms. The molecule has 1 unspecified atom stereocenters. The molecular weight excluding hydrogens is 248 g/mol. The monoisotopic (exact) mass is 274 g/mol. The number of amides is 1. The predicted octanol–water partition coefficient (Wildman–Crippen LogP) is 3.54. The molecule has 0 aromatic heterocycles. The molecule has 1 aliphatic rings. The lowest BCUT2D eigenvalue weighted by Crippen LogP contribution is -2.31. The van der Waals surface area contributed by atoms with Crippen molar-refractivity contribution in [3.63, 3.8) is 0 Å². The van der Waals surface area contributed by atoms with E-state index in [4.69, 9.17) is 0 Å². The summed E-state index contributed by atoms with van der Waals surface area (Å²) in [4.78, 5) is 14.7. The van der Waals surface area contributed by atoms with Crippen molar-refractivity contribution in [3.8, 4) is 0 Å². The number of nitrogens with one attached hydrogen (secondary N) is 1. The summed E-state index contributed by atoms with van der Waals surface area (Å²) in [5, 5.41) is 3.12. The van der Waals surface area contributed by atoms with Gasteiger partial charge in [0.25, 0.3) is 5.91 Å². The molecule has 1 aromatic rings. The molecule has 20 heavy (non-hydrogen) atoms. The summed E-state index contributed by atoms with van der Waals surface area (Å²) in [6.07, 6.45) is 1.11. The zero-order chi connectivity index (χ0) is 14.9. The van der Waals surface area contributed by atoms with Crippen LogP contribution in [0.2, 0.25) is 0 Å². The summed E-state index contributed by atoms with van der Waals surface area (Å²) in [6, 6.07) is 6.00. The predicted molar refractivity (Wildman–Crippen MR) is 84.2 cm³/mol. The van der Waals surface area contributed by atoms with Crippen LogP contribution >= 0.6 is 0 Å². The number of likely N-dealkylation sites (tertiary alicyclic amines) is 1. The van der Waals surface area contributed by atoms with Crippen LogP contribution < -0.4 is 5.32 Å². The van der Waals surface area contributed by atoms with Crippen molar-refractivity contribution in [1.29, 1.82) is 0 Å². The molecule has 1 amide bonds. The molecule has 1 heterocycles. The SMILES string of the molecule is CNc1ccc(C)cc1C(=O)N1CCC(C(C)(C)C)C1. The number of rotatable bonds is 2. The Morgan fingerprint density at radius 2 is 2.05 bits per heavy atom. The van der Waals surface area contributed by atoms with Gasteiger partial charge in [-0.25, -0.2) is 0 Å². The number of nitrogens with zero attached hydrogens (tertiary/aromatic N) is 1. The maximum atomic E-state index is 12.7. The number of carbonyl (C=O) groups is 1. The smallest absolute Gasteiger partial charge is 0.255 e. The minimum atomic E-state index is 0.157. The fraction of sp³-hybridized carbons (Fsp3) is 0.588. The Labute approximate surface area is 122 Å². The van der Waals surface area contributed by atoms with Crippen LogP contribution in [0.25, 0.3) is 0 Å². The Bertz CT molecular complexity index is 502. The number of hydrogen-bond donors (Lipinski definition) is 1. The lowest BCUT2D eigenvalue weighted by atomic mass is 9.80. The molecule has 1 saturated heterocycles. The second-order valence-corrected chi connectivity index (χ2v) is 6.90. The van der Waals surface area contributed by atoms with Crippen LogP contribution in [0.3, 0.4) is 0 Å². The average Bonchev–Trinajstić information content (AvgIpc) is 2.87. The zero-order valence-electron chi connectivity index (χ0n) is 13.3. The summed E-state index contributed by atoms with van der Waals surface area (Å²) in [5.41, 5.74) is 3.11. The standard InChI is InChI=1S/C17H26N2O/c1-12-6-7-15(18-5)14(10-12)16(20)19-9-8-13(11-19)17(2,3)4/h6-7,10,13,18H,8-9,11H2,1-5H3. The van der Waals surface area contributed by atoms with E-state index in [1.54, 1.807) is 0 Å². The maximum absolute atomic E-state index is 12.7. The highest BCUT2D eigenvalue weighted by atomic mass is 16.2. The van der Waals surface area contributed by atoms with E-state index >= 15 is 0 Å². The van der Waals surface area contributed by atoms with Gasteiger partial charge in [0.2, 0.25) is 0 Å². The molecule has 3 nitrogen and oxygen atoms in total. The molecule has 0 saturated carbocycles. The number of benzene rings is 1. The molecule has 1 aliphatic heterocycles. The number of anilines is 1. The summed E-state index contributed by atoms with van der Waals surface area (Å²) < 4.78 is 0. The Kier molecular flexibility index (Phi) is 4.07. The van der Waals surface area contributed by atoms with Crippen LogP contribution in [0.15, 0.2) is 18.2 Å². The third-order valence-electron chi connectivity index (χ3n) is 4.38. The third-order valence-corrected chi connectivity index (χ3v) is 4.38. The Hall–Kier alpha value is -1.51. The van der Waals surface area contributed by atoms with Crippen LogP contribution in [0.4, 0.5) is 5.69 Å². The number of carbonyl (C=O) groups excluding carboxylic acids is 1. The molecule has 1 fully saturated rings. The van der Waals surface area contributed by atoms with Gasteiger partial charge < -0.3 is 10.2 Å². The van der Waals surface area contributed by atoms with Crippen LogP contribution in [-0.4, -0.2) is 30.9 Å². The highest BCUT2D eigenvalue weighted by Crippen LogP contribution is 2.34. The number of hydrogen-bond acceptors (Lipinski definition) is 2. The first kappa shape index (κ1) is 14.9. The highest BCUT2D eigenvalue weighted by Gasteiger charge is 2.34. The van der Waals surface area contributed by atoms with Gasteiger partial charge in [0.05, 0.1) is 5.56 Å². The van der Waals surface area contributed by atoms with Gasteiger partial charge in [-0.15, -0.1) is 0 Å². The van der Waals surface area contributed by atoms with Crippen molar-refractivity contribution in [1.82, 2.24) is 4.90 Å². The van der Waals surface area contributed by atoms with Crippen LogP contribution in [-0.2, 0) is 0 Å². The first-order valence-corrected chi connectivity index (χ1v) is 7.40. The van der Waals surface area contributed by atoms with Gasteiger partial charge in [0, 0.05) is 25.8 Å². The first-order valence-electron chi connectivity index (χ1n) is 7.40. The Morgan fingerprint density at radius 3 is 2.60 bits per heavy atom. The molecular formula is C17H26N2O. The summed E-state index contributed by atoms with van der Waals surface area (Å²) in [7, 11) is 1.86. The van der Waals surface area contributed by atoms with E-state index in [0.717, 1.165) is 36.3 Å². The molecule has 1 atom stereocenters. The minimum absolute atomic E-state index is 0.157. The Morgan fingerprint density at radius 1 is 1.35 bits per heavy atom. The van der Waals surface area contributed by atoms with E-state index in [0.29, 0.717) is 5.92 Å². The topological polar surface area (TPSA) is 32.3 Å². The van der Waals surface area contributed by atoms with Gasteiger partial charge >= 0.3 is 0 Å². The summed E-state index contributed by atoms with van der Waals surface area (Å²) in [6.45, 7) is 10.6. The second kappa shape index (κ2) is 5.47. The van der Waals surface area contributed by atoms with Crippen molar-refractivity contribution in [2.24, 2.45) is 11.3 Å². The maximum Gasteiger partial charge on any atom is 0.255 e. The van der Waals surface area contributed by atoms with E-state index in [1.165, 1.54) is 0 Å². The van der Waals surface area contributed by atoms with Crippen molar-refractivity contribution in [2.45, 2.75) is 34.1 Å². The van der Waals surface area contributed by atoms with E-state index < -0.39 is 0 Å². The molecule has 1 N–H and O–H groups in total. The fourth-order valence-electron chi connectivity index (χ4n) is 2.87. The van der Waals surface area contributed by atoms with Gasteiger partial charge in [-0.2, -0.15) is 0 Å². The van der Waals surface area contributed by atoms with Gasteiger partial charge in [-0.3, -0.25) is 4.79 Å². The quantitative estimate of drug-likeness (QED) is 0.894. The van der Waals surface area contributed by atoms with E-state index in [9.17, 15) is 4.79 Å². The van der Waals surface area contributed by atoms with E-state index in [1.807, 2.05) is 37.1 Å². The van der Waals surface area contributed by atoms with E-state index in [2.05, 4.69) is 26.1 Å².